The van der Waals surface area contributed by atoms with Crippen LogP contribution in [0.15, 0.2) is 18.2 Å². The predicted molar refractivity (Wildman–Crippen MR) is 93.4 cm³/mol. The monoisotopic (exact) mass is 335 g/mol. The van der Waals surface area contributed by atoms with Gasteiger partial charge in [0.2, 0.25) is 0 Å². The van der Waals surface area contributed by atoms with Crippen LogP contribution in [0.2, 0.25) is 0 Å². The van der Waals surface area contributed by atoms with Gasteiger partial charge in [-0.1, -0.05) is 17.7 Å². The summed E-state index contributed by atoms with van der Waals surface area (Å²) in [5.41, 5.74) is 0.825. The molecule has 2 rings (SSSR count). The van der Waals surface area contributed by atoms with E-state index in [9.17, 15) is 9.90 Å². The van der Waals surface area contributed by atoms with Crippen LogP contribution in [0.3, 0.4) is 0 Å². The van der Waals surface area contributed by atoms with E-state index in [1.54, 1.807) is 12.0 Å². The van der Waals surface area contributed by atoms with E-state index in [0.717, 1.165) is 16.9 Å². The van der Waals surface area contributed by atoms with E-state index in [1.807, 2.05) is 39.8 Å². The van der Waals surface area contributed by atoms with Gasteiger partial charge in [0.1, 0.15) is 11.4 Å². The summed E-state index contributed by atoms with van der Waals surface area (Å²) in [6, 6.07) is 5.98. The number of likely N-dealkylation sites (tertiary alicyclic amines) is 1. The summed E-state index contributed by atoms with van der Waals surface area (Å²) in [6.45, 7) is 8.59. The highest BCUT2D eigenvalue weighted by Crippen LogP contribution is 2.31. The molecule has 5 nitrogen and oxygen atoms in total. The molecule has 0 aliphatic carbocycles. The normalized spacial score (nSPS) is 17.5. The van der Waals surface area contributed by atoms with Gasteiger partial charge in [0, 0.05) is 19.5 Å². The first kappa shape index (κ1) is 18.6. The molecule has 1 aliphatic rings. The third-order valence-electron chi connectivity index (χ3n) is 4.30. The van der Waals surface area contributed by atoms with Crippen LogP contribution in [0.1, 0.15) is 44.7 Å². The number of carbonyl (C=O) groups excluding carboxylic acids is 1. The summed E-state index contributed by atoms with van der Waals surface area (Å²) in [6.07, 6.45) is 1.28. The number of amides is 1. The lowest BCUT2D eigenvalue weighted by molar-refractivity contribution is -0.0317. The molecule has 1 saturated heterocycles. The molecule has 1 aromatic rings. The molecule has 134 valence electrons. The van der Waals surface area contributed by atoms with Crippen molar-refractivity contribution in [2.45, 2.75) is 58.2 Å². The molecule has 1 N–H and O–H groups in total. The van der Waals surface area contributed by atoms with Crippen molar-refractivity contribution in [2.24, 2.45) is 0 Å². The Balaban J connectivity index is 2.00. The van der Waals surface area contributed by atoms with Crippen molar-refractivity contribution >= 4 is 6.09 Å². The van der Waals surface area contributed by atoms with Gasteiger partial charge >= 0.3 is 6.09 Å². The molecule has 1 aromatic carbocycles. The fourth-order valence-electron chi connectivity index (χ4n) is 3.01. The minimum atomic E-state index is -0.820. The predicted octanol–water partition coefficient (Wildman–Crippen LogP) is 3.31. The molecule has 1 fully saturated rings. The molecule has 0 radical (unpaired) electrons. The Kier molecular flexibility index (Phi) is 5.43. The Labute approximate surface area is 144 Å². The Bertz CT molecular complexity index is 584. The summed E-state index contributed by atoms with van der Waals surface area (Å²) >= 11 is 0. The van der Waals surface area contributed by atoms with Crippen molar-refractivity contribution < 1.29 is 19.4 Å². The van der Waals surface area contributed by atoms with Crippen LogP contribution in [-0.2, 0) is 11.2 Å². The van der Waals surface area contributed by atoms with Gasteiger partial charge in [0.15, 0.2) is 0 Å². The largest absolute Gasteiger partial charge is 0.496 e. The smallest absolute Gasteiger partial charge is 0.410 e. The maximum atomic E-state index is 12.1. The molecule has 0 aromatic heterocycles. The van der Waals surface area contributed by atoms with E-state index < -0.39 is 11.2 Å². The second kappa shape index (κ2) is 7.01. The minimum absolute atomic E-state index is 0.308. The van der Waals surface area contributed by atoms with Gasteiger partial charge in [-0.15, -0.1) is 0 Å². The summed E-state index contributed by atoms with van der Waals surface area (Å²) in [5, 5.41) is 10.9. The van der Waals surface area contributed by atoms with Crippen LogP contribution < -0.4 is 4.74 Å². The molecular weight excluding hydrogens is 306 g/mol. The molecule has 0 bridgehead atoms. The summed E-state index contributed by atoms with van der Waals surface area (Å²) in [4.78, 5) is 13.8. The van der Waals surface area contributed by atoms with Crippen molar-refractivity contribution in [3.8, 4) is 5.75 Å². The first-order valence-electron chi connectivity index (χ1n) is 8.46. The molecule has 0 unspecified atom stereocenters. The number of piperidine rings is 1. The van der Waals surface area contributed by atoms with Crippen molar-refractivity contribution in [3.05, 3.63) is 29.3 Å². The third-order valence-corrected chi connectivity index (χ3v) is 4.30. The lowest BCUT2D eigenvalue weighted by Gasteiger charge is -2.39. The number of aliphatic hydroxyl groups is 1. The molecule has 0 spiro atoms. The molecular formula is C19H29NO4. The molecule has 0 atom stereocenters. The Hall–Kier alpha value is -1.75. The van der Waals surface area contributed by atoms with Gasteiger partial charge in [0.25, 0.3) is 0 Å². The standard InChI is InChI=1S/C19H29NO4/c1-14-6-7-16(23-5)15(12-14)13-19(22)8-10-20(11-9-19)17(21)24-18(2,3)4/h6-7,12,22H,8-11,13H2,1-5H3. The number of carbonyl (C=O) groups is 1. The number of ether oxygens (including phenoxy) is 2. The van der Waals surface area contributed by atoms with E-state index in [-0.39, 0.29) is 6.09 Å². The number of rotatable bonds is 3. The van der Waals surface area contributed by atoms with Crippen LogP contribution in [0, 0.1) is 6.92 Å². The quantitative estimate of drug-likeness (QED) is 0.921. The van der Waals surface area contributed by atoms with Crippen molar-refractivity contribution in [1.82, 2.24) is 4.90 Å². The van der Waals surface area contributed by atoms with Gasteiger partial charge in [-0.3, -0.25) is 0 Å². The van der Waals surface area contributed by atoms with Crippen molar-refractivity contribution in [1.29, 1.82) is 0 Å². The number of methoxy groups -OCH3 is 1. The van der Waals surface area contributed by atoms with Crippen LogP contribution in [0.25, 0.3) is 0 Å². The second-order valence-electron chi connectivity index (χ2n) is 7.68. The van der Waals surface area contributed by atoms with Crippen LogP contribution in [0.5, 0.6) is 5.75 Å². The zero-order valence-electron chi connectivity index (χ0n) is 15.4. The average Bonchev–Trinajstić information content (AvgIpc) is 2.46. The third kappa shape index (κ3) is 4.87. The number of hydrogen-bond acceptors (Lipinski definition) is 4. The van der Waals surface area contributed by atoms with Gasteiger partial charge < -0.3 is 19.5 Å². The first-order chi connectivity index (χ1) is 11.1. The molecule has 1 aliphatic heterocycles. The average molecular weight is 335 g/mol. The lowest BCUT2D eigenvalue weighted by Crippen LogP contribution is -2.49. The molecule has 5 heteroatoms. The Morgan fingerprint density at radius 3 is 2.46 bits per heavy atom. The number of hydrogen-bond donors (Lipinski definition) is 1. The molecule has 0 saturated carbocycles. The maximum Gasteiger partial charge on any atom is 0.410 e. The zero-order chi connectivity index (χ0) is 18.0. The zero-order valence-corrected chi connectivity index (χ0v) is 15.4. The van der Waals surface area contributed by atoms with E-state index in [0.29, 0.717) is 32.4 Å². The van der Waals surface area contributed by atoms with Crippen LogP contribution in [-0.4, -0.2) is 47.5 Å². The van der Waals surface area contributed by atoms with Gasteiger partial charge in [-0.05, 0) is 52.2 Å². The van der Waals surface area contributed by atoms with E-state index >= 15 is 0 Å². The number of benzene rings is 1. The topological polar surface area (TPSA) is 59.0 Å². The fraction of sp³-hybridized carbons (Fsp3) is 0.632. The SMILES string of the molecule is COc1ccc(C)cc1CC1(O)CCN(C(=O)OC(C)(C)C)CC1. The number of aryl methyl sites for hydroxylation is 1. The highest BCUT2D eigenvalue weighted by atomic mass is 16.6. The van der Waals surface area contributed by atoms with Crippen molar-refractivity contribution in [3.63, 3.8) is 0 Å². The maximum absolute atomic E-state index is 12.1. The first-order valence-corrected chi connectivity index (χ1v) is 8.46. The number of nitrogens with zero attached hydrogens (tertiary/aromatic N) is 1. The highest BCUT2D eigenvalue weighted by molar-refractivity contribution is 5.68. The molecule has 1 amide bonds. The van der Waals surface area contributed by atoms with E-state index in [2.05, 4.69) is 6.07 Å². The van der Waals surface area contributed by atoms with Crippen molar-refractivity contribution in [2.75, 3.05) is 20.2 Å². The Morgan fingerprint density at radius 1 is 1.29 bits per heavy atom. The summed E-state index contributed by atoms with van der Waals surface area (Å²) in [5.74, 6) is 0.795. The highest BCUT2D eigenvalue weighted by Gasteiger charge is 2.36. The second-order valence-corrected chi connectivity index (χ2v) is 7.68. The lowest BCUT2D eigenvalue weighted by atomic mass is 9.85. The Morgan fingerprint density at radius 2 is 1.92 bits per heavy atom. The van der Waals surface area contributed by atoms with Crippen LogP contribution >= 0.6 is 0 Å². The van der Waals surface area contributed by atoms with Gasteiger partial charge in [-0.25, -0.2) is 4.79 Å². The molecule has 1 heterocycles. The fourth-order valence-corrected chi connectivity index (χ4v) is 3.01. The van der Waals surface area contributed by atoms with Gasteiger partial charge in [0.05, 0.1) is 12.7 Å². The van der Waals surface area contributed by atoms with Gasteiger partial charge in [-0.2, -0.15) is 0 Å². The van der Waals surface area contributed by atoms with E-state index in [1.165, 1.54) is 0 Å². The minimum Gasteiger partial charge on any atom is -0.496 e. The van der Waals surface area contributed by atoms with E-state index in [4.69, 9.17) is 9.47 Å². The van der Waals surface area contributed by atoms with Crippen LogP contribution in [0.4, 0.5) is 4.79 Å². The summed E-state index contributed by atoms with van der Waals surface area (Å²) in [7, 11) is 1.64. The molecule has 24 heavy (non-hydrogen) atoms. The summed E-state index contributed by atoms with van der Waals surface area (Å²) < 4.78 is 10.8.